The Morgan fingerprint density at radius 2 is 1.40 bits per heavy atom. The molecule has 0 saturated carbocycles. The second-order valence-electron chi connectivity index (χ2n) is 10.7. The number of anilines is 2. The quantitative estimate of drug-likeness (QED) is 0.134. The summed E-state index contributed by atoms with van der Waals surface area (Å²) >= 11 is 0. The molecule has 9 heteroatoms. The van der Waals surface area contributed by atoms with Crippen LogP contribution in [0.5, 0.6) is 5.75 Å². The van der Waals surface area contributed by atoms with Crippen LogP contribution >= 0.6 is 7.60 Å². The fourth-order valence-electron chi connectivity index (χ4n) is 5.91. The summed E-state index contributed by atoms with van der Waals surface area (Å²) in [6.07, 6.45) is 1.64. The zero-order valence-corrected chi connectivity index (χ0v) is 25.3. The highest BCUT2D eigenvalue weighted by atomic mass is 31.2. The second kappa shape index (κ2) is 12.4. The van der Waals surface area contributed by atoms with Gasteiger partial charge < -0.3 is 18.8 Å². The van der Waals surface area contributed by atoms with E-state index in [2.05, 4.69) is 68.7 Å². The average Bonchev–Trinajstić information content (AvgIpc) is 3.32. The Balaban J connectivity index is 1.40. The molecule has 0 bridgehead atoms. The molecule has 3 aromatic rings. The van der Waals surface area contributed by atoms with Gasteiger partial charge in [-0.3, -0.25) is 10.1 Å². The van der Waals surface area contributed by atoms with Gasteiger partial charge in [0.05, 0.1) is 24.4 Å². The Labute approximate surface area is 237 Å². The van der Waals surface area contributed by atoms with Gasteiger partial charge in [0.2, 0.25) is 0 Å². The summed E-state index contributed by atoms with van der Waals surface area (Å²) in [5.74, 6) is 0.300. The van der Waals surface area contributed by atoms with Crippen molar-refractivity contribution >= 4 is 24.7 Å². The van der Waals surface area contributed by atoms with E-state index in [0.717, 1.165) is 26.2 Å². The third-order valence-electron chi connectivity index (χ3n) is 7.32. The third-order valence-corrected chi connectivity index (χ3v) is 9.32. The van der Waals surface area contributed by atoms with E-state index in [1.807, 2.05) is 0 Å². The van der Waals surface area contributed by atoms with Gasteiger partial charge in [-0.1, -0.05) is 29.8 Å². The Hall–Kier alpha value is -3.35. The fraction of sp³-hybridized carbons (Fsp3) is 0.419. The van der Waals surface area contributed by atoms with Crippen molar-refractivity contribution in [1.82, 2.24) is 0 Å². The molecule has 1 fully saturated rings. The summed E-state index contributed by atoms with van der Waals surface area (Å²) < 4.78 is 24.6. The Bertz CT molecular complexity index is 1380. The Morgan fingerprint density at radius 3 is 1.90 bits per heavy atom. The first-order valence-corrected chi connectivity index (χ1v) is 15.6. The van der Waals surface area contributed by atoms with Crippen LogP contribution in [0.3, 0.4) is 0 Å². The van der Waals surface area contributed by atoms with E-state index < -0.39 is 12.5 Å². The lowest BCUT2D eigenvalue weighted by molar-refractivity contribution is -0.384. The molecule has 1 saturated heterocycles. The largest absolute Gasteiger partial charge is 0.424 e. The molecule has 1 unspecified atom stereocenters. The van der Waals surface area contributed by atoms with Crippen LogP contribution in [0.15, 0.2) is 48.5 Å². The van der Waals surface area contributed by atoms with Gasteiger partial charge in [0, 0.05) is 36.6 Å². The molecule has 8 nitrogen and oxygen atoms in total. The number of hydrogen-bond acceptors (Lipinski definition) is 7. The molecule has 1 heterocycles. The molecule has 1 atom stereocenters. The first-order chi connectivity index (χ1) is 19.0. The number of nitro groups is 1. The van der Waals surface area contributed by atoms with Crippen LogP contribution in [0.25, 0.3) is 0 Å². The zero-order valence-electron chi connectivity index (χ0n) is 24.4. The number of rotatable bonds is 11. The molecular weight excluding hydrogens is 525 g/mol. The van der Waals surface area contributed by atoms with Crippen molar-refractivity contribution < 1.29 is 18.5 Å². The summed E-state index contributed by atoms with van der Waals surface area (Å²) in [7, 11) is -3.40. The number of nitro benzene ring substituents is 1. The molecule has 4 rings (SSSR count). The van der Waals surface area contributed by atoms with Crippen LogP contribution < -0.4 is 14.3 Å². The highest BCUT2D eigenvalue weighted by Gasteiger charge is 2.27. The van der Waals surface area contributed by atoms with Gasteiger partial charge in [-0.05, 0) is 94.3 Å². The maximum atomic E-state index is 13.4. The highest BCUT2D eigenvalue weighted by Crippen LogP contribution is 2.49. The topological polar surface area (TPSA) is 85.2 Å². The van der Waals surface area contributed by atoms with Gasteiger partial charge in [-0.2, -0.15) is 0 Å². The number of benzene rings is 3. The van der Waals surface area contributed by atoms with Crippen molar-refractivity contribution in [2.75, 3.05) is 42.3 Å². The molecule has 3 aromatic carbocycles. The summed E-state index contributed by atoms with van der Waals surface area (Å²) in [5.41, 5.74) is 10.2. The molecule has 0 N–H and O–H groups in total. The monoisotopic (exact) mass is 565 g/mol. The van der Waals surface area contributed by atoms with Gasteiger partial charge in [0.1, 0.15) is 5.75 Å². The van der Waals surface area contributed by atoms with Crippen LogP contribution in [0.2, 0.25) is 0 Å². The summed E-state index contributed by atoms with van der Waals surface area (Å²) in [4.78, 5) is 15.4. The SMILES string of the molecule is CCOP(=O)(CCCc1cc(C)c(N2CCN(c3c(C)cc(C)cc3C)C2)c(C)c1)Oc1ccc([N+](=O)[O-])cc1. The average molecular weight is 566 g/mol. The molecule has 40 heavy (non-hydrogen) atoms. The van der Waals surface area contributed by atoms with E-state index in [0.29, 0.717) is 12.2 Å². The minimum absolute atomic E-state index is 0.0465. The molecule has 0 aliphatic carbocycles. The lowest BCUT2D eigenvalue weighted by Crippen LogP contribution is -2.27. The van der Waals surface area contributed by atoms with Gasteiger partial charge in [0.25, 0.3) is 5.69 Å². The normalized spacial score (nSPS) is 14.8. The van der Waals surface area contributed by atoms with Crippen molar-refractivity contribution in [2.45, 2.75) is 54.4 Å². The number of hydrogen-bond donors (Lipinski definition) is 0. The minimum atomic E-state index is -3.40. The Morgan fingerprint density at radius 1 is 0.875 bits per heavy atom. The predicted octanol–water partition coefficient (Wildman–Crippen LogP) is 7.66. The smallest absolute Gasteiger partial charge is 0.379 e. The van der Waals surface area contributed by atoms with Crippen LogP contribution in [-0.2, 0) is 15.5 Å². The maximum Gasteiger partial charge on any atom is 0.379 e. The summed E-state index contributed by atoms with van der Waals surface area (Å²) in [5, 5.41) is 10.9. The lowest BCUT2D eigenvalue weighted by Gasteiger charge is -2.27. The third kappa shape index (κ3) is 6.86. The van der Waals surface area contributed by atoms with E-state index in [1.165, 1.54) is 69.0 Å². The number of non-ortho nitro benzene ring substituents is 1. The van der Waals surface area contributed by atoms with Crippen molar-refractivity contribution in [1.29, 1.82) is 0 Å². The first-order valence-electron chi connectivity index (χ1n) is 13.8. The van der Waals surface area contributed by atoms with Crippen LogP contribution in [0, 0.1) is 44.7 Å². The van der Waals surface area contributed by atoms with Gasteiger partial charge in [0.15, 0.2) is 0 Å². The predicted molar refractivity (Wildman–Crippen MR) is 162 cm³/mol. The van der Waals surface area contributed by atoms with E-state index in [-0.39, 0.29) is 18.5 Å². The molecular formula is C31H40N3O5P. The van der Waals surface area contributed by atoms with Crippen LogP contribution in [-0.4, -0.2) is 37.5 Å². The molecule has 0 aromatic heterocycles. The first kappa shape index (κ1) is 29.6. The lowest BCUT2D eigenvalue weighted by atomic mass is 10.0. The molecule has 0 amide bonds. The van der Waals surface area contributed by atoms with E-state index in [9.17, 15) is 14.7 Å². The number of nitrogens with zero attached hydrogens (tertiary/aromatic N) is 3. The molecule has 214 valence electrons. The number of aryl methyl sites for hydroxylation is 6. The standard InChI is InChI=1S/C31H40N3O5P/c1-7-38-40(37,39-29-12-10-28(11-13-29)34(35)36)16-8-9-27-19-25(5)31(26(6)20-27)33-15-14-32(21-33)30-23(3)17-22(2)18-24(30)4/h10-13,17-20H,7-9,14-16,21H2,1-6H3. The van der Waals surface area contributed by atoms with Crippen LogP contribution in [0.1, 0.15) is 46.7 Å². The Kier molecular flexibility index (Phi) is 9.22. The molecule has 1 aliphatic rings. The summed E-state index contributed by atoms with van der Waals surface area (Å²) in [6, 6.07) is 14.6. The fourth-order valence-corrected chi connectivity index (χ4v) is 7.57. The highest BCUT2D eigenvalue weighted by molar-refractivity contribution is 7.54. The van der Waals surface area contributed by atoms with Crippen LogP contribution in [0.4, 0.5) is 17.1 Å². The van der Waals surface area contributed by atoms with E-state index in [4.69, 9.17) is 9.05 Å². The molecule has 0 spiro atoms. The maximum absolute atomic E-state index is 13.4. The van der Waals surface area contributed by atoms with Crippen molar-refractivity contribution in [3.63, 3.8) is 0 Å². The van der Waals surface area contributed by atoms with Crippen molar-refractivity contribution in [2.24, 2.45) is 0 Å². The van der Waals surface area contributed by atoms with Crippen molar-refractivity contribution in [3.05, 3.63) is 92.0 Å². The molecule has 0 radical (unpaired) electrons. The van der Waals surface area contributed by atoms with E-state index >= 15 is 0 Å². The second-order valence-corrected chi connectivity index (χ2v) is 12.8. The van der Waals surface area contributed by atoms with Gasteiger partial charge in [-0.15, -0.1) is 0 Å². The molecule has 1 aliphatic heterocycles. The van der Waals surface area contributed by atoms with Gasteiger partial charge >= 0.3 is 7.60 Å². The summed E-state index contributed by atoms with van der Waals surface area (Å²) in [6.45, 7) is 15.7. The van der Waals surface area contributed by atoms with Crippen molar-refractivity contribution in [3.8, 4) is 5.75 Å². The zero-order chi connectivity index (χ0) is 29.0. The van der Waals surface area contributed by atoms with Gasteiger partial charge in [-0.25, -0.2) is 4.57 Å². The minimum Gasteiger partial charge on any atom is -0.424 e. The van der Waals surface area contributed by atoms with E-state index in [1.54, 1.807) is 6.92 Å².